The van der Waals surface area contributed by atoms with E-state index in [-0.39, 0.29) is 32.2 Å². The van der Waals surface area contributed by atoms with Gasteiger partial charge in [0.1, 0.15) is 13.2 Å². The van der Waals surface area contributed by atoms with Crippen molar-refractivity contribution in [1.29, 1.82) is 0 Å². The minimum Gasteiger partial charge on any atom is -0.545 e. The summed E-state index contributed by atoms with van der Waals surface area (Å²) >= 11 is 0. The van der Waals surface area contributed by atoms with Crippen LogP contribution < -0.4 is 5.11 Å². The molecule has 0 radical (unpaired) electrons. The molecule has 0 aromatic heterocycles. The van der Waals surface area contributed by atoms with Gasteiger partial charge in [-0.15, -0.1) is 0 Å². The highest BCUT2D eigenvalue weighted by Crippen LogP contribution is 2.20. The summed E-state index contributed by atoms with van der Waals surface area (Å²) in [6, 6.07) is 0. The van der Waals surface area contributed by atoms with Crippen molar-refractivity contribution in [2.75, 3.05) is 47.5 Å². The molecule has 9 nitrogen and oxygen atoms in total. The van der Waals surface area contributed by atoms with Crippen LogP contribution >= 0.6 is 0 Å². The maximum Gasteiger partial charge on any atom is 0.306 e. The number of hydrogen-bond acceptors (Lipinski definition) is 8. The van der Waals surface area contributed by atoms with Crippen LogP contribution in [0.15, 0.2) is 0 Å². The standard InChI is InChI=1S/C77H151NO8/c1-6-8-10-12-14-16-18-20-22-24-26-28-29-30-31-32-33-34-35-36-37-38-39-40-41-42-43-44-45-46-47-48-50-52-54-56-58-60-62-64-66-68-75(80)86-73(72-85-77(76(81)82)83-70-69-78(3,4)5)71-84-74(79)67-65-63-61-59-57-55-53-51-49-27-25-23-21-19-17-15-13-11-9-7-2/h73,77H,6-72H2,1-5H3. The van der Waals surface area contributed by atoms with Gasteiger partial charge < -0.3 is 33.3 Å². The first-order chi connectivity index (χ1) is 42.1. The van der Waals surface area contributed by atoms with Gasteiger partial charge in [-0.05, 0) is 12.8 Å². The molecule has 2 unspecified atom stereocenters. The predicted molar refractivity (Wildman–Crippen MR) is 367 cm³/mol. The number of esters is 2. The number of rotatable bonds is 74. The third kappa shape index (κ3) is 69.8. The predicted octanol–water partition coefficient (Wildman–Crippen LogP) is 22.9. The molecule has 86 heavy (non-hydrogen) atoms. The van der Waals surface area contributed by atoms with E-state index in [9.17, 15) is 19.5 Å². The average molecular weight is 1220 g/mol. The van der Waals surface area contributed by atoms with Crippen molar-refractivity contribution in [2.24, 2.45) is 0 Å². The first kappa shape index (κ1) is 84.3. The summed E-state index contributed by atoms with van der Waals surface area (Å²) in [5.41, 5.74) is 0. The number of nitrogens with zero attached hydrogens (tertiary/aromatic N) is 1. The summed E-state index contributed by atoms with van der Waals surface area (Å²) in [7, 11) is 5.95. The number of carboxylic acid groups (broad SMARTS) is 1. The third-order valence-corrected chi connectivity index (χ3v) is 18.1. The Morgan fingerprint density at radius 3 is 0.744 bits per heavy atom. The van der Waals surface area contributed by atoms with Gasteiger partial charge in [0.15, 0.2) is 12.4 Å². The maximum atomic E-state index is 12.9. The van der Waals surface area contributed by atoms with Gasteiger partial charge in [-0.25, -0.2) is 0 Å². The number of aliphatic carboxylic acids is 1. The molecule has 0 aromatic carbocycles. The maximum absolute atomic E-state index is 12.9. The van der Waals surface area contributed by atoms with E-state index in [1.54, 1.807) is 0 Å². The van der Waals surface area contributed by atoms with Gasteiger partial charge in [0, 0.05) is 12.8 Å². The fraction of sp³-hybridized carbons (Fsp3) is 0.961. The van der Waals surface area contributed by atoms with Crippen molar-refractivity contribution < 1.29 is 42.9 Å². The molecule has 0 N–H and O–H groups in total. The summed E-state index contributed by atoms with van der Waals surface area (Å²) < 4.78 is 22.8. The van der Waals surface area contributed by atoms with Gasteiger partial charge in [0.05, 0.1) is 40.3 Å². The van der Waals surface area contributed by atoms with Crippen molar-refractivity contribution in [3.63, 3.8) is 0 Å². The molecule has 0 spiro atoms. The Morgan fingerprint density at radius 2 is 0.523 bits per heavy atom. The van der Waals surface area contributed by atoms with Gasteiger partial charge in [0.25, 0.3) is 0 Å². The molecule has 0 rings (SSSR count). The van der Waals surface area contributed by atoms with Gasteiger partial charge in [-0.3, -0.25) is 9.59 Å². The van der Waals surface area contributed by atoms with Gasteiger partial charge in [-0.1, -0.05) is 393 Å². The second-order valence-corrected chi connectivity index (χ2v) is 28.0. The monoisotopic (exact) mass is 1220 g/mol. The highest BCUT2D eigenvalue weighted by molar-refractivity contribution is 5.70. The molecular weight excluding hydrogens is 1070 g/mol. The Hall–Kier alpha value is -1.71. The second kappa shape index (κ2) is 69.2. The zero-order chi connectivity index (χ0) is 62.6. The van der Waals surface area contributed by atoms with Crippen molar-refractivity contribution in [3.05, 3.63) is 0 Å². The number of unbranched alkanes of at least 4 members (excludes halogenated alkanes) is 59. The molecule has 9 heteroatoms. The van der Waals surface area contributed by atoms with Gasteiger partial charge in [-0.2, -0.15) is 0 Å². The van der Waals surface area contributed by atoms with Gasteiger partial charge in [0.2, 0.25) is 0 Å². The first-order valence-corrected chi connectivity index (χ1v) is 38.7. The number of carboxylic acids is 1. The number of carbonyl (C=O) groups is 3. The Kier molecular flexibility index (Phi) is 67.8. The second-order valence-electron chi connectivity index (χ2n) is 28.0. The largest absolute Gasteiger partial charge is 0.545 e. The normalized spacial score (nSPS) is 12.5. The lowest BCUT2D eigenvalue weighted by Crippen LogP contribution is -2.44. The average Bonchev–Trinajstić information content (AvgIpc) is 3.63. The number of carbonyl (C=O) groups excluding carboxylic acids is 3. The highest BCUT2D eigenvalue weighted by atomic mass is 16.7. The number of likely N-dealkylation sites (N-methyl/N-ethyl adjacent to an activating group) is 1. The SMILES string of the molecule is CCCCCCCCCCCCCCCCCCCCCCCCCCCCCCCCCCCCCCCCCCCC(=O)OC(COC(=O)CCCCCCCCCCCCCCCCCCCCCC)COC(OCC[N+](C)(C)C)C(=O)[O-]. The molecule has 0 aliphatic rings. The number of hydrogen-bond donors (Lipinski definition) is 0. The lowest BCUT2D eigenvalue weighted by Gasteiger charge is -2.26. The van der Waals surface area contributed by atoms with Crippen LogP contribution in [0.1, 0.15) is 418 Å². The Bertz CT molecular complexity index is 1370. The number of quaternary nitrogens is 1. The Labute approximate surface area is 536 Å². The van der Waals surface area contributed by atoms with Crippen LogP contribution in [-0.4, -0.2) is 82.3 Å². The minimum atomic E-state index is -1.62. The van der Waals surface area contributed by atoms with Crippen LogP contribution in [0.25, 0.3) is 0 Å². The van der Waals surface area contributed by atoms with Crippen LogP contribution in [0, 0.1) is 0 Å². The zero-order valence-electron chi connectivity index (χ0n) is 58.7. The van der Waals surface area contributed by atoms with E-state index >= 15 is 0 Å². The third-order valence-electron chi connectivity index (χ3n) is 18.1. The van der Waals surface area contributed by atoms with E-state index in [1.807, 2.05) is 21.1 Å². The molecule has 0 heterocycles. The van der Waals surface area contributed by atoms with E-state index < -0.39 is 24.3 Å². The van der Waals surface area contributed by atoms with E-state index in [2.05, 4.69) is 13.8 Å². The smallest absolute Gasteiger partial charge is 0.306 e. The molecular formula is C77H151NO8. The number of ether oxygens (including phenoxy) is 4. The molecule has 0 fully saturated rings. The van der Waals surface area contributed by atoms with Crippen molar-refractivity contribution in [2.45, 2.75) is 431 Å². The minimum absolute atomic E-state index is 0.154. The lowest BCUT2D eigenvalue weighted by atomic mass is 10.0. The fourth-order valence-corrected chi connectivity index (χ4v) is 12.2. The van der Waals surface area contributed by atoms with Crippen molar-refractivity contribution in [1.82, 2.24) is 0 Å². The molecule has 0 saturated carbocycles. The fourth-order valence-electron chi connectivity index (χ4n) is 12.2. The van der Waals surface area contributed by atoms with E-state index in [0.29, 0.717) is 17.4 Å². The Balaban J connectivity index is 3.88. The van der Waals surface area contributed by atoms with Gasteiger partial charge >= 0.3 is 11.9 Å². The van der Waals surface area contributed by atoms with Crippen LogP contribution in [-0.2, 0) is 33.3 Å². The van der Waals surface area contributed by atoms with Crippen molar-refractivity contribution in [3.8, 4) is 0 Å². The van der Waals surface area contributed by atoms with Crippen LogP contribution in [0.3, 0.4) is 0 Å². The summed E-state index contributed by atoms with van der Waals surface area (Å²) in [5.74, 6) is -2.24. The molecule has 0 saturated heterocycles. The molecule has 0 aliphatic heterocycles. The molecule has 0 aliphatic carbocycles. The lowest BCUT2D eigenvalue weighted by molar-refractivity contribution is -0.870. The van der Waals surface area contributed by atoms with Crippen LogP contribution in [0.2, 0.25) is 0 Å². The van der Waals surface area contributed by atoms with Crippen LogP contribution in [0.4, 0.5) is 0 Å². The molecule has 2 atom stereocenters. The molecule has 512 valence electrons. The summed E-state index contributed by atoms with van der Waals surface area (Å²) in [5, 5.41) is 11.8. The molecule has 0 bridgehead atoms. The Morgan fingerprint density at radius 1 is 0.302 bits per heavy atom. The molecule has 0 aromatic rings. The topological polar surface area (TPSA) is 111 Å². The van der Waals surface area contributed by atoms with E-state index in [4.69, 9.17) is 18.9 Å². The first-order valence-electron chi connectivity index (χ1n) is 38.7. The summed E-state index contributed by atoms with van der Waals surface area (Å²) in [6.07, 6.45) is 81.0. The zero-order valence-corrected chi connectivity index (χ0v) is 58.7. The van der Waals surface area contributed by atoms with E-state index in [0.717, 1.165) is 38.5 Å². The van der Waals surface area contributed by atoms with E-state index in [1.165, 1.54) is 353 Å². The van der Waals surface area contributed by atoms with Crippen molar-refractivity contribution >= 4 is 17.9 Å². The summed E-state index contributed by atoms with van der Waals surface area (Å²) in [6.45, 7) is 4.85. The quantitative estimate of drug-likeness (QED) is 0.0256. The van der Waals surface area contributed by atoms with Crippen LogP contribution in [0.5, 0.6) is 0 Å². The summed E-state index contributed by atoms with van der Waals surface area (Å²) in [4.78, 5) is 37.5. The molecule has 0 amide bonds. The highest BCUT2D eigenvalue weighted by Gasteiger charge is 2.22.